The van der Waals surface area contributed by atoms with Gasteiger partial charge < -0.3 is 4.90 Å². The number of carbonyl (C=O) groups is 1. The average molecular weight is 325 g/mol. The minimum absolute atomic E-state index is 0.112. The van der Waals surface area contributed by atoms with Crippen LogP contribution in [0.15, 0.2) is 60.8 Å². The van der Waals surface area contributed by atoms with E-state index in [2.05, 4.69) is 12.1 Å². The summed E-state index contributed by atoms with van der Waals surface area (Å²) in [7, 11) is 0. The highest BCUT2D eigenvalue weighted by molar-refractivity contribution is 6.01. The van der Waals surface area contributed by atoms with E-state index >= 15 is 0 Å². The van der Waals surface area contributed by atoms with Crippen molar-refractivity contribution in [1.29, 1.82) is 10.5 Å². The first kappa shape index (κ1) is 15.2. The molecule has 0 aliphatic carbocycles. The van der Waals surface area contributed by atoms with Crippen LogP contribution in [-0.4, -0.2) is 16.7 Å². The zero-order chi connectivity index (χ0) is 17.4. The van der Waals surface area contributed by atoms with Crippen LogP contribution in [0, 0.1) is 34.5 Å². The lowest BCUT2D eigenvalue weighted by Crippen LogP contribution is -2.38. The Bertz CT molecular complexity index is 936. The van der Waals surface area contributed by atoms with Crippen LogP contribution in [0.4, 0.5) is 0 Å². The molecule has 0 bridgehead atoms. The number of ketones is 1. The first-order chi connectivity index (χ1) is 12.3. The number of rotatable bonds is 2. The Morgan fingerprint density at radius 3 is 2.32 bits per heavy atom. The third-order valence-electron chi connectivity index (χ3n) is 5.08. The molecule has 0 spiro atoms. The molecule has 2 aliphatic rings. The molecule has 0 N–H and O–H groups in total. The maximum atomic E-state index is 13.1. The predicted octanol–water partition coefficient (Wildman–Crippen LogP) is 3.56. The second-order valence-electron chi connectivity index (χ2n) is 6.32. The van der Waals surface area contributed by atoms with Gasteiger partial charge in [0.05, 0.1) is 30.0 Å². The normalized spacial score (nSPS) is 26.2. The Morgan fingerprint density at radius 2 is 1.60 bits per heavy atom. The fourth-order valence-electron chi connectivity index (χ4n) is 3.95. The van der Waals surface area contributed by atoms with Crippen LogP contribution < -0.4 is 0 Å². The summed E-state index contributed by atoms with van der Waals surface area (Å²) >= 11 is 0. The highest BCUT2D eigenvalue weighted by atomic mass is 16.1. The number of hydrogen-bond acceptors (Lipinski definition) is 4. The molecule has 2 aliphatic heterocycles. The first-order valence-corrected chi connectivity index (χ1v) is 8.19. The second-order valence-corrected chi connectivity index (χ2v) is 6.32. The summed E-state index contributed by atoms with van der Waals surface area (Å²) in [5.41, 5.74) is 2.60. The van der Waals surface area contributed by atoms with Crippen LogP contribution in [0.25, 0.3) is 6.08 Å². The topological polar surface area (TPSA) is 67.9 Å². The highest BCUT2D eigenvalue weighted by Gasteiger charge is 2.53. The first-order valence-electron chi connectivity index (χ1n) is 8.19. The summed E-state index contributed by atoms with van der Waals surface area (Å²) in [6.45, 7) is 0. The van der Waals surface area contributed by atoms with Gasteiger partial charge in [-0.15, -0.1) is 0 Å². The number of Topliss-reactive ketones (excluding diaryl/α,β-unsaturated/α-hetero) is 1. The van der Waals surface area contributed by atoms with Crippen molar-refractivity contribution >= 4 is 11.9 Å². The molecule has 1 fully saturated rings. The van der Waals surface area contributed by atoms with Gasteiger partial charge in [0, 0.05) is 11.8 Å². The van der Waals surface area contributed by atoms with Gasteiger partial charge >= 0.3 is 0 Å². The third kappa shape index (κ3) is 2.23. The minimum atomic E-state index is -0.668. The van der Waals surface area contributed by atoms with Crippen molar-refractivity contribution in [3.63, 3.8) is 0 Å². The van der Waals surface area contributed by atoms with Crippen molar-refractivity contribution in [1.82, 2.24) is 4.90 Å². The van der Waals surface area contributed by atoms with Gasteiger partial charge in [0.1, 0.15) is 6.04 Å². The Labute approximate surface area is 146 Å². The van der Waals surface area contributed by atoms with Crippen LogP contribution in [-0.2, 0) is 0 Å². The Balaban J connectivity index is 1.83. The van der Waals surface area contributed by atoms with E-state index < -0.39 is 17.9 Å². The van der Waals surface area contributed by atoms with E-state index in [4.69, 9.17) is 0 Å². The van der Waals surface area contributed by atoms with E-state index in [1.165, 1.54) is 0 Å². The lowest BCUT2D eigenvalue weighted by molar-refractivity contribution is 0.0869. The minimum Gasteiger partial charge on any atom is -0.357 e. The Hall–Kier alpha value is -3.37. The molecule has 2 heterocycles. The molecule has 4 nitrogen and oxygen atoms in total. The van der Waals surface area contributed by atoms with Crippen molar-refractivity contribution < 1.29 is 4.79 Å². The molecule has 0 aromatic heterocycles. The van der Waals surface area contributed by atoms with E-state index in [1.54, 1.807) is 12.1 Å². The number of benzene rings is 2. The van der Waals surface area contributed by atoms with Crippen molar-refractivity contribution in [3.05, 3.63) is 77.5 Å². The second kappa shape index (κ2) is 5.92. The van der Waals surface area contributed by atoms with Gasteiger partial charge in [-0.2, -0.15) is 10.5 Å². The number of nitriles is 2. The molecule has 2 aromatic rings. The van der Waals surface area contributed by atoms with E-state index in [0.29, 0.717) is 5.56 Å². The standard InChI is InChI=1S/C21H15N3O/c22-12-17-18(13-23)20(21(25)15-7-2-1-3-8-15)24-11-10-14-6-4-5-9-16(14)19(17)24/h1-11,17-20H/t17-,18+,19+,20+/m0/s1. The van der Waals surface area contributed by atoms with Crippen LogP contribution in [0.5, 0.6) is 0 Å². The molecule has 0 saturated carbocycles. The van der Waals surface area contributed by atoms with Crippen molar-refractivity contribution in [2.45, 2.75) is 12.1 Å². The number of carbonyl (C=O) groups excluding carboxylic acids is 1. The van der Waals surface area contributed by atoms with Crippen LogP contribution in [0.1, 0.15) is 27.5 Å². The monoisotopic (exact) mass is 325 g/mol. The van der Waals surface area contributed by atoms with E-state index in [9.17, 15) is 15.3 Å². The summed E-state index contributed by atoms with van der Waals surface area (Å²) in [4.78, 5) is 15.0. The molecule has 4 atom stereocenters. The maximum absolute atomic E-state index is 13.1. The van der Waals surface area contributed by atoms with Crippen molar-refractivity contribution in [2.75, 3.05) is 0 Å². The molecule has 0 amide bonds. The van der Waals surface area contributed by atoms with Gasteiger partial charge in [0.2, 0.25) is 0 Å². The van der Waals surface area contributed by atoms with E-state index in [1.807, 2.05) is 59.6 Å². The molecular weight excluding hydrogens is 310 g/mol. The van der Waals surface area contributed by atoms with Gasteiger partial charge in [-0.3, -0.25) is 4.79 Å². The van der Waals surface area contributed by atoms with Gasteiger partial charge in [-0.25, -0.2) is 0 Å². The fourth-order valence-corrected chi connectivity index (χ4v) is 3.95. The lowest BCUT2D eigenvalue weighted by Gasteiger charge is -2.33. The molecule has 4 rings (SSSR count). The number of fused-ring (bicyclic) bond motifs is 3. The summed E-state index contributed by atoms with van der Waals surface area (Å²) in [6, 6.07) is 20.4. The zero-order valence-electron chi connectivity index (χ0n) is 13.4. The fraction of sp³-hybridized carbons (Fsp3) is 0.190. The van der Waals surface area contributed by atoms with Gasteiger partial charge in [0.25, 0.3) is 0 Å². The molecule has 0 unspecified atom stereocenters. The smallest absolute Gasteiger partial charge is 0.186 e. The Morgan fingerprint density at radius 1 is 0.920 bits per heavy atom. The molecule has 0 radical (unpaired) electrons. The third-order valence-corrected chi connectivity index (χ3v) is 5.08. The number of hydrogen-bond donors (Lipinski definition) is 0. The van der Waals surface area contributed by atoms with E-state index in [-0.39, 0.29) is 11.8 Å². The molecule has 1 saturated heterocycles. The van der Waals surface area contributed by atoms with Crippen molar-refractivity contribution in [3.8, 4) is 12.1 Å². The Kier molecular flexibility index (Phi) is 3.60. The average Bonchev–Trinajstić information content (AvgIpc) is 3.01. The molecule has 25 heavy (non-hydrogen) atoms. The van der Waals surface area contributed by atoms with Crippen LogP contribution in [0.3, 0.4) is 0 Å². The quantitative estimate of drug-likeness (QED) is 0.792. The molecular formula is C21H15N3O. The summed E-state index contributed by atoms with van der Waals surface area (Å²) in [6.07, 6.45) is 3.81. The predicted molar refractivity (Wildman–Crippen MR) is 92.8 cm³/mol. The lowest BCUT2D eigenvalue weighted by atomic mass is 9.83. The van der Waals surface area contributed by atoms with Gasteiger partial charge in [-0.1, -0.05) is 54.6 Å². The summed E-state index contributed by atoms with van der Waals surface area (Å²) in [5.74, 6) is -1.33. The molecule has 4 heteroatoms. The van der Waals surface area contributed by atoms with Crippen LogP contribution >= 0.6 is 0 Å². The summed E-state index contributed by atoms with van der Waals surface area (Å²) < 4.78 is 0. The van der Waals surface area contributed by atoms with Gasteiger partial charge in [0.15, 0.2) is 5.78 Å². The van der Waals surface area contributed by atoms with Gasteiger partial charge in [-0.05, 0) is 17.2 Å². The van der Waals surface area contributed by atoms with Crippen molar-refractivity contribution in [2.24, 2.45) is 11.8 Å². The maximum Gasteiger partial charge on any atom is 0.186 e. The number of nitrogens with zero attached hydrogens (tertiary/aromatic N) is 3. The largest absolute Gasteiger partial charge is 0.357 e. The molecule has 2 aromatic carbocycles. The SMILES string of the molecule is N#C[C@@H]1[C@H](C#N)[C@H]2c3ccccc3C=CN2[C@H]1C(=O)c1ccccc1. The van der Waals surface area contributed by atoms with Crippen LogP contribution in [0.2, 0.25) is 0 Å². The zero-order valence-corrected chi connectivity index (χ0v) is 13.4. The summed E-state index contributed by atoms with van der Waals surface area (Å²) in [5, 5.41) is 19.5. The highest BCUT2D eigenvalue weighted by Crippen LogP contribution is 2.48. The molecule has 120 valence electrons. The van der Waals surface area contributed by atoms with E-state index in [0.717, 1.165) is 11.1 Å².